The Labute approximate surface area is 133 Å². The number of halogens is 3. The Hall–Kier alpha value is -1.61. The van der Waals surface area contributed by atoms with E-state index in [1.165, 1.54) is 0 Å². The van der Waals surface area contributed by atoms with Crippen LogP contribution in [-0.2, 0) is 10.0 Å². The number of nitrogens with zero attached hydrogens (tertiary/aromatic N) is 2. The third kappa shape index (κ3) is 4.93. The van der Waals surface area contributed by atoms with Crippen molar-refractivity contribution in [2.24, 2.45) is 5.10 Å². The van der Waals surface area contributed by atoms with Crippen LogP contribution in [-0.4, -0.2) is 43.5 Å². The van der Waals surface area contributed by atoms with Crippen molar-refractivity contribution >= 4 is 21.4 Å². The predicted molar refractivity (Wildman–Crippen MR) is 82.9 cm³/mol. The van der Waals surface area contributed by atoms with Crippen LogP contribution >= 0.6 is 0 Å². The van der Waals surface area contributed by atoms with Gasteiger partial charge in [-0.1, -0.05) is 17.7 Å². The average molecular weight is 349 g/mol. The molecule has 1 N–H and O–H groups in total. The van der Waals surface area contributed by atoms with Crippen molar-refractivity contribution < 1.29 is 21.6 Å². The van der Waals surface area contributed by atoms with E-state index in [0.29, 0.717) is 18.5 Å². The third-order valence-corrected chi connectivity index (χ3v) is 5.27. The number of aryl methyl sites for hydroxylation is 1. The van der Waals surface area contributed by atoms with Gasteiger partial charge in [-0.2, -0.15) is 18.3 Å². The summed E-state index contributed by atoms with van der Waals surface area (Å²) in [4.78, 5) is 0. The van der Waals surface area contributed by atoms with Gasteiger partial charge in [0.15, 0.2) is 5.71 Å². The summed E-state index contributed by atoms with van der Waals surface area (Å²) in [6, 6.07) is 6.57. The molecule has 0 bridgehead atoms. The van der Waals surface area contributed by atoms with Crippen LogP contribution in [0.3, 0.4) is 0 Å². The van der Waals surface area contributed by atoms with Crippen molar-refractivity contribution in [2.45, 2.75) is 25.9 Å². The molecule has 0 atom stereocenters. The van der Waals surface area contributed by atoms with Crippen molar-refractivity contribution in [1.82, 2.24) is 4.31 Å². The van der Waals surface area contributed by atoms with Gasteiger partial charge in [0.25, 0.3) is 0 Å². The van der Waals surface area contributed by atoms with Crippen molar-refractivity contribution in [3.8, 4) is 0 Å². The topological polar surface area (TPSA) is 61.8 Å². The summed E-state index contributed by atoms with van der Waals surface area (Å²) < 4.78 is 64.4. The van der Waals surface area contributed by atoms with Gasteiger partial charge in [0, 0.05) is 13.1 Å². The van der Waals surface area contributed by atoms with Gasteiger partial charge in [-0.15, -0.1) is 0 Å². The van der Waals surface area contributed by atoms with Gasteiger partial charge in [-0.05, 0) is 31.9 Å². The maximum Gasteiger partial charge on any atom is 0.432 e. The van der Waals surface area contributed by atoms with Crippen molar-refractivity contribution in [1.29, 1.82) is 0 Å². The van der Waals surface area contributed by atoms with E-state index in [0.717, 1.165) is 9.87 Å². The number of alkyl halides is 3. The third-order valence-electron chi connectivity index (χ3n) is 3.48. The fourth-order valence-corrected chi connectivity index (χ4v) is 3.74. The van der Waals surface area contributed by atoms with Crippen LogP contribution < -0.4 is 5.43 Å². The molecule has 1 heterocycles. The summed E-state index contributed by atoms with van der Waals surface area (Å²) in [7, 11) is -4.01. The molecule has 1 fully saturated rings. The Morgan fingerprint density at radius 3 is 2.30 bits per heavy atom. The second-order valence-corrected chi connectivity index (χ2v) is 7.37. The van der Waals surface area contributed by atoms with Crippen molar-refractivity contribution in [3.05, 3.63) is 29.8 Å². The number of rotatable bonds is 5. The maximum absolute atomic E-state index is 13.1. The largest absolute Gasteiger partial charge is 0.432 e. The lowest BCUT2D eigenvalue weighted by molar-refractivity contribution is -0.0591. The first kappa shape index (κ1) is 17.7. The first-order valence-corrected chi connectivity index (χ1v) is 8.74. The molecular formula is C14H18F3N3O2S. The molecular weight excluding hydrogens is 331 g/mol. The molecule has 1 aromatic carbocycles. The zero-order chi connectivity index (χ0) is 17.1. The molecule has 0 unspecified atom stereocenters. The van der Waals surface area contributed by atoms with Gasteiger partial charge in [0.1, 0.15) is 5.75 Å². The minimum absolute atomic E-state index is 0.263. The van der Waals surface area contributed by atoms with Crippen LogP contribution in [0.15, 0.2) is 29.4 Å². The summed E-state index contributed by atoms with van der Waals surface area (Å²) in [5.74, 6) is -1.16. The second-order valence-electron chi connectivity index (χ2n) is 5.40. The van der Waals surface area contributed by atoms with Gasteiger partial charge in [-0.3, -0.25) is 5.43 Å². The number of sulfonamides is 1. The summed E-state index contributed by atoms with van der Waals surface area (Å²) in [6.45, 7) is 2.37. The van der Waals surface area contributed by atoms with Crippen LogP contribution in [0.2, 0.25) is 0 Å². The standard InChI is InChI=1S/C14H18F3N3O2S/c1-11-4-6-12(7-5-11)18-19-13(14(15,16)17)10-23(21,22)20-8-2-3-9-20/h4-7,18H,2-3,8-10H2,1H3/b19-13-. The van der Waals surface area contributed by atoms with Crippen molar-refractivity contribution in [2.75, 3.05) is 24.3 Å². The number of hydrogen-bond donors (Lipinski definition) is 1. The Balaban J connectivity index is 2.16. The highest BCUT2D eigenvalue weighted by atomic mass is 32.2. The second kappa shape index (κ2) is 6.88. The van der Waals surface area contributed by atoms with Gasteiger partial charge < -0.3 is 0 Å². The Morgan fingerprint density at radius 2 is 1.78 bits per heavy atom. The summed E-state index contributed by atoms with van der Waals surface area (Å²) >= 11 is 0. The molecule has 0 radical (unpaired) electrons. The number of hydrazone groups is 1. The van der Waals surface area contributed by atoms with E-state index in [2.05, 4.69) is 10.5 Å². The monoisotopic (exact) mass is 349 g/mol. The fraction of sp³-hybridized carbons (Fsp3) is 0.500. The van der Waals surface area contributed by atoms with Crippen LogP contribution in [0.5, 0.6) is 0 Å². The minimum atomic E-state index is -4.81. The molecule has 0 spiro atoms. The molecule has 1 aromatic rings. The molecule has 5 nitrogen and oxygen atoms in total. The molecule has 9 heteroatoms. The Morgan fingerprint density at radius 1 is 1.22 bits per heavy atom. The fourth-order valence-electron chi connectivity index (χ4n) is 2.17. The number of nitrogens with one attached hydrogen (secondary N) is 1. The normalized spacial score (nSPS) is 17.5. The van der Waals surface area contributed by atoms with Gasteiger partial charge in [0.2, 0.25) is 10.0 Å². The molecule has 0 aromatic heterocycles. The molecule has 2 rings (SSSR count). The van der Waals surface area contributed by atoms with Crippen molar-refractivity contribution in [3.63, 3.8) is 0 Å². The molecule has 128 valence electrons. The SMILES string of the molecule is Cc1ccc(N/N=C(/CS(=O)(=O)N2CCCC2)C(F)(F)F)cc1. The van der Waals surface area contributed by atoms with Gasteiger partial charge in [-0.25, -0.2) is 12.7 Å². The van der Waals surface area contributed by atoms with E-state index in [1.54, 1.807) is 24.3 Å². The smallest absolute Gasteiger partial charge is 0.278 e. The molecule has 1 aliphatic heterocycles. The van der Waals surface area contributed by atoms with E-state index < -0.39 is 27.7 Å². The molecule has 0 saturated carbocycles. The zero-order valence-electron chi connectivity index (χ0n) is 12.6. The van der Waals surface area contributed by atoms with E-state index in [1.807, 2.05) is 6.92 Å². The van der Waals surface area contributed by atoms with Crippen LogP contribution in [0.4, 0.5) is 18.9 Å². The minimum Gasteiger partial charge on any atom is -0.278 e. The van der Waals surface area contributed by atoms with Gasteiger partial charge >= 0.3 is 6.18 Å². The van der Waals surface area contributed by atoms with Crippen LogP contribution in [0.25, 0.3) is 0 Å². The Kier molecular flexibility index (Phi) is 5.30. The highest BCUT2D eigenvalue weighted by Gasteiger charge is 2.40. The van der Waals surface area contributed by atoms with E-state index in [9.17, 15) is 21.6 Å². The average Bonchev–Trinajstić information content (AvgIpc) is 2.99. The summed E-state index contributed by atoms with van der Waals surface area (Å²) in [5, 5.41) is 3.29. The lowest BCUT2D eigenvalue weighted by Gasteiger charge is -2.17. The molecule has 0 aliphatic carbocycles. The van der Waals surface area contributed by atoms with E-state index in [4.69, 9.17) is 0 Å². The highest BCUT2D eigenvalue weighted by molar-refractivity contribution is 7.89. The maximum atomic E-state index is 13.1. The number of anilines is 1. The summed E-state index contributed by atoms with van der Waals surface area (Å²) in [5.41, 5.74) is 2.23. The first-order chi connectivity index (χ1) is 10.7. The first-order valence-electron chi connectivity index (χ1n) is 7.13. The number of benzene rings is 1. The number of hydrogen-bond acceptors (Lipinski definition) is 4. The predicted octanol–water partition coefficient (Wildman–Crippen LogP) is 2.75. The lowest BCUT2D eigenvalue weighted by atomic mass is 10.2. The molecule has 1 saturated heterocycles. The zero-order valence-corrected chi connectivity index (χ0v) is 13.4. The van der Waals surface area contributed by atoms with Crippen LogP contribution in [0.1, 0.15) is 18.4 Å². The highest BCUT2D eigenvalue weighted by Crippen LogP contribution is 2.22. The lowest BCUT2D eigenvalue weighted by Crippen LogP contribution is -2.38. The van der Waals surface area contributed by atoms with Crippen LogP contribution in [0, 0.1) is 6.92 Å². The molecule has 1 aliphatic rings. The Bertz CT molecular complexity index is 664. The molecule has 0 amide bonds. The van der Waals surface area contributed by atoms with E-state index >= 15 is 0 Å². The summed E-state index contributed by atoms with van der Waals surface area (Å²) in [6.07, 6.45) is -3.48. The quantitative estimate of drug-likeness (QED) is 0.657. The van der Waals surface area contributed by atoms with E-state index in [-0.39, 0.29) is 13.1 Å². The van der Waals surface area contributed by atoms with Gasteiger partial charge in [0.05, 0.1) is 5.69 Å². The molecule has 23 heavy (non-hydrogen) atoms.